The lowest BCUT2D eigenvalue weighted by molar-refractivity contribution is -0.111. The van der Waals surface area contributed by atoms with Crippen molar-refractivity contribution >= 4 is 23.5 Å². The van der Waals surface area contributed by atoms with Crippen molar-refractivity contribution in [2.75, 3.05) is 5.32 Å². The summed E-state index contributed by atoms with van der Waals surface area (Å²) in [6.45, 7) is 3.52. The van der Waals surface area contributed by atoms with Crippen molar-refractivity contribution in [1.82, 2.24) is 0 Å². The Morgan fingerprint density at radius 1 is 1.05 bits per heavy atom. The summed E-state index contributed by atoms with van der Waals surface area (Å²) in [6, 6.07) is 14.7. The number of carbonyl (C=O) groups is 2. The van der Waals surface area contributed by atoms with E-state index in [1.165, 1.54) is 13.0 Å². The van der Waals surface area contributed by atoms with Crippen LogP contribution < -0.4 is 5.32 Å². The average Bonchev–Trinajstić information content (AvgIpc) is 2.46. The molecule has 106 valence electrons. The van der Waals surface area contributed by atoms with Gasteiger partial charge >= 0.3 is 0 Å². The number of aryl methyl sites for hydroxylation is 1. The molecular formula is C18H17NO2. The Kier molecular flexibility index (Phi) is 4.67. The van der Waals surface area contributed by atoms with Crippen LogP contribution in [0.2, 0.25) is 0 Å². The van der Waals surface area contributed by atoms with Gasteiger partial charge in [-0.15, -0.1) is 0 Å². The SMILES string of the molecule is CC(=O)c1ccc(NC(=O)/C=C/c2cccc(C)c2)cc1. The van der Waals surface area contributed by atoms with Crippen molar-refractivity contribution in [3.8, 4) is 0 Å². The van der Waals surface area contributed by atoms with E-state index in [1.807, 2.05) is 31.2 Å². The van der Waals surface area contributed by atoms with Crippen LogP contribution in [0.3, 0.4) is 0 Å². The van der Waals surface area contributed by atoms with Crippen molar-refractivity contribution < 1.29 is 9.59 Å². The van der Waals surface area contributed by atoms with Gasteiger partial charge in [0.2, 0.25) is 5.91 Å². The number of Topliss-reactive ketones (excluding diaryl/α,β-unsaturated/α-hetero) is 1. The fraction of sp³-hybridized carbons (Fsp3) is 0.111. The number of ketones is 1. The quantitative estimate of drug-likeness (QED) is 0.682. The smallest absolute Gasteiger partial charge is 0.248 e. The number of nitrogens with one attached hydrogen (secondary N) is 1. The van der Waals surface area contributed by atoms with E-state index in [-0.39, 0.29) is 11.7 Å². The number of amides is 1. The second-order valence-corrected chi connectivity index (χ2v) is 4.87. The Labute approximate surface area is 124 Å². The highest BCUT2D eigenvalue weighted by molar-refractivity contribution is 6.02. The van der Waals surface area contributed by atoms with Gasteiger partial charge in [-0.05, 0) is 49.8 Å². The molecule has 0 saturated carbocycles. The van der Waals surface area contributed by atoms with Crippen LogP contribution >= 0.6 is 0 Å². The number of anilines is 1. The van der Waals surface area contributed by atoms with Crippen LogP contribution in [0.25, 0.3) is 6.08 Å². The molecule has 0 heterocycles. The van der Waals surface area contributed by atoms with E-state index in [0.717, 1.165) is 11.1 Å². The summed E-state index contributed by atoms with van der Waals surface area (Å²) in [7, 11) is 0. The molecule has 0 unspecified atom stereocenters. The lowest BCUT2D eigenvalue weighted by atomic mass is 10.1. The van der Waals surface area contributed by atoms with Gasteiger partial charge < -0.3 is 5.32 Å². The van der Waals surface area contributed by atoms with Crippen molar-refractivity contribution in [3.63, 3.8) is 0 Å². The molecule has 1 N–H and O–H groups in total. The molecule has 2 aromatic rings. The predicted molar refractivity (Wildman–Crippen MR) is 85.3 cm³/mol. The van der Waals surface area contributed by atoms with Gasteiger partial charge in [-0.3, -0.25) is 9.59 Å². The maximum absolute atomic E-state index is 11.8. The summed E-state index contributed by atoms with van der Waals surface area (Å²) in [6.07, 6.45) is 3.26. The summed E-state index contributed by atoms with van der Waals surface area (Å²) in [5, 5.41) is 2.76. The van der Waals surface area contributed by atoms with Gasteiger partial charge in [-0.1, -0.05) is 29.8 Å². The molecule has 0 fully saturated rings. The van der Waals surface area contributed by atoms with Crippen LogP contribution in [0.4, 0.5) is 5.69 Å². The number of hydrogen-bond donors (Lipinski definition) is 1. The van der Waals surface area contributed by atoms with Crippen LogP contribution in [0.1, 0.15) is 28.4 Å². The first kappa shape index (κ1) is 14.7. The largest absolute Gasteiger partial charge is 0.323 e. The van der Waals surface area contributed by atoms with Gasteiger partial charge in [0, 0.05) is 17.3 Å². The van der Waals surface area contributed by atoms with Crippen LogP contribution in [-0.2, 0) is 4.79 Å². The van der Waals surface area contributed by atoms with Gasteiger partial charge in [-0.2, -0.15) is 0 Å². The van der Waals surface area contributed by atoms with E-state index in [4.69, 9.17) is 0 Å². The summed E-state index contributed by atoms with van der Waals surface area (Å²) in [5.41, 5.74) is 3.43. The van der Waals surface area contributed by atoms with Crippen LogP contribution in [-0.4, -0.2) is 11.7 Å². The Morgan fingerprint density at radius 2 is 1.76 bits per heavy atom. The summed E-state index contributed by atoms with van der Waals surface area (Å²) < 4.78 is 0. The van der Waals surface area contributed by atoms with Crippen molar-refractivity contribution in [2.24, 2.45) is 0 Å². The minimum atomic E-state index is -0.202. The molecule has 0 bridgehead atoms. The Bertz CT molecular complexity index is 685. The first-order valence-electron chi connectivity index (χ1n) is 6.71. The van der Waals surface area contributed by atoms with E-state index in [0.29, 0.717) is 11.3 Å². The lowest BCUT2D eigenvalue weighted by Gasteiger charge is -2.03. The molecule has 2 rings (SSSR count). The molecule has 0 aromatic heterocycles. The Hall–Kier alpha value is -2.68. The number of rotatable bonds is 4. The maximum Gasteiger partial charge on any atom is 0.248 e. The third-order valence-electron chi connectivity index (χ3n) is 3.03. The van der Waals surface area contributed by atoms with Gasteiger partial charge in [0.15, 0.2) is 5.78 Å². The minimum Gasteiger partial charge on any atom is -0.323 e. The second-order valence-electron chi connectivity index (χ2n) is 4.87. The van der Waals surface area contributed by atoms with Gasteiger partial charge in [0.25, 0.3) is 0 Å². The molecule has 0 spiro atoms. The number of carbonyl (C=O) groups excluding carboxylic acids is 2. The van der Waals surface area contributed by atoms with Crippen molar-refractivity contribution in [3.05, 3.63) is 71.3 Å². The van der Waals surface area contributed by atoms with E-state index >= 15 is 0 Å². The zero-order valence-corrected chi connectivity index (χ0v) is 12.1. The Morgan fingerprint density at radius 3 is 2.38 bits per heavy atom. The van der Waals surface area contributed by atoms with Gasteiger partial charge in [-0.25, -0.2) is 0 Å². The fourth-order valence-corrected chi connectivity index (χ4v) is 1.92. The molecule has 0 radical (unpaired) electrons. The molecule has 1 amide bonds. The molecule has 2 aromatic carbocycles. The maximum atomic E-state index is 11.8. The van der Waals surface area contributed by atoms with Gasteiger partial charge in [0.1, 0.15) is 0 Å². The van der Waals surface area contributed by atoms with E-state index in [2.05, 4.69) is 5.32 Å². The molecule has 0 aliphatic heterocycles. The lowest BCUT2D eigenvalue weighted by Crippen LogP contribution is -2.07. The van der Waals surface area contributed by atoms with Crippen molar-refractivity contribution in [2.45, 2.75) is 13.8 Å². The highest BCUT2D eigenvalue weighted by Gasteiger charge is 2.01. The molecule has 3 heteroatoms. The van der Waals surface area contributed by atoms with E-state index in [9.17, 15) is 9.59 Å². The fourth-order valence-electron chi connectivity index (χ4n) is 1.92. The minimum absolute atomic E-state index is 0.00668. The molecule has 0 aliphatic carbocycles. The summed E-state index contributed by atoms with van der Waals surface area (Å²) in [4.78, 5) is 23.0. The molecule has 3 nitrogen and oxygen atoms in total. The number of hydrogen-bond acceptors (Lipinski definition) is 2. The average molecular weight is 279 g/mol. The third kappa shape index (κ3) is 4.42. The molecule has 0 atom stereocenters. The van der Waals surface area contributed by atoms with E-state index in [1.54, 1.807) is 30.3 Å². The van der Waals surface area contributed by atoms with Crippen LogP contribution in [0.5, 0.6) is 0 Å². The van der Waals surface area contributed by atoms with Crippen molar-refractivity contribution in [1.29, 1.82) is 0 Å². The molecule has 21 heavy (non-hydrogen) atoms. The summed E-state index contributed by atoms with van der Waals surface area (Å²) >= 11 is 0. The zero-order chi connectivity index (χ0) is 15.2. The van der Waals surface area contributed by atoms with Gasteiger partial charge in [0.05, 0.1) is 0 Å². The van der Waals surface area contributed by atoms with E-state index < -0.39 is 0 Å². The highest BCUT2D eigenvalue weighted by atomic mass is 16.1. The molecule has 0 saturated heterocycles. The first-order valence-corrected chi connectivity index (χ1v) is 6.71. The molecule has 0 aliphatic rings. The standard InChI is InChI=1S/C18H17NO2/c1-13-4-3-5-15(12-13)6-11-18(21)19-17-9-7-16(8-10-17)14(2)20/h3-12H,1-2H3,(H,19,21)/b11-6+. The zero-order valence-electron chi connectivity index (χ0n) is 12.1. The highest BCUT2D eigenvalue weighted by Crippen LogP contribution is 2.11. The summed E-state index contributed by atoms with van der Waals surface area (Å²) in [5.74, 6) is -0.195. The normalized spacial score (nSPS) is 10.6. The monoisotopic (exact) mass is 279 g/mol. The number of benzene rings is 2. The van der Waals surface area contributed by atoms with Crippen LogP contribution in [0.15, 0.2) is 54.6 Å². The van der Waals surface area contributed by atoms with Crippen LogP contribution in [0, 0.1) is 6.92 Å². The Balaban J connectivity index is 1.99. The topological polar surface area (TPSA) is 46.2 Å². The second kappa shape index (κ2) is 6.66. The predicted octanol–water partition coefficient (Wildman–Crippen LogP) is 3.85. The third-order valence-corrected chi connectivity index (χ3v) is 3.03. The molecular weight excluding hydrogens is 262 g/mol. The first-order chi connectivity index (χ1) is 10.0.